The highest BCUT2D eigenvalue weighted by atomic mass is 16.2. The van der Waals surface area contributed by atoms with Gasteiger partial charge in [0.2, 0.25) is 11.8 Å². The fourth-order valence-corrected chi connectivity index (χ4v) is 2.74. The Labute approximate surface area is 159 Å². The lowest BCUT2D eigenvalue weighted by atomic mass is 9.95. The monoisotopic (exact) mass is 363 g/mol. The zero-order valence-electron chi connectivity index (χ0n) is 16.0. The van der Waals surface area contributed by atoms with E-state index in [9.17, 15) is 9.59 Å². The number of aryl methyl sites for hydroxylation is 1. The molecule has 5 heteroatoms. The lowest BCUT2D eigenvalue weighted by molar-refractivity contribution is -0.123. The molecule has 0 aliphatic rings. The van der Waals surface area contributed by atoms with Crippen LogP contribution in [0.1, 0.15) is 27.2 Å². The summed E-state index contributed by atoms with van der Waals surface area (Å²) in [5.74, 6) is -0.0857. The molecule has 0 aliphatic carbocycles. The number of amides is 2. The summed E-state index contributed by atoms with van der Waals surface area (Å²) >= 11 is 0. The summed E-state index contributed by atoms with van der Waals surface area (Å²) in [6.07, 6.45) is 2.39. The van der Waals surface area contributed by atoms with E-state index >= 15 is 0 Å². The molecule has 1 heterocycles. The van der Waals surface area contributed by atoms with E-state index in [-0.39, 0.29) is 11.8 Å². The first-order chi connectivity index (χ1) is 12.8. The van der Waals surface area contributed by atoms with E-state index in [1.165, 1.54) is 5.39 Å². The topological polar surface area (TPSA) is 63.1 Å². The highest BCUT2D eigenvalue weighted by Gasteiger charge is 2.21. The third-order valence-electron chi connectivity index (χ3n) is 4.37. The molecule has 2 amide bonds. The standard InChI is InChI=1S/C22H25N3O2/c1-22(2,3)21(27)24-18-10-8-17(9-11-18)23-20(26)13-15-25-14-12-16-6-4-5-7-19(16)25/h4-12,14H,13,15H2,1-3H3,(H,23,26)(H,24,27). The van der Waals surface area contributed by atoms with Gasteiger partial charge in [-0.15, -0.1) is 0 Å². The van der Waals surface area contributed by atoms with Gasteiger partial charge in [0.1, 0.15) is 0 Å². The number of aromatic nitrogens is 1. The van der Waals surface area contributed by atoms with Gasteiger partial charge in [0.25, 0.3) is 0 Å². The molecule has 0 saturated carbocycles. The zero-order chi connectivity index (χ0) is 19.4. The molecule has 0 aliphatic heterocycles. The minimum atomic E-state index is -0.449. The maximum Gasteiger partial charge on any atom is 0.229 e. The summed E-state index contributed by atoms with van der Waals surface area (Å²) in [7, 11) is 0. The molecule has 0 saturated heterocycles. The molecule has 0 spiro atoms. The van der Waals surface area contributed by atoms with E-state index < -0.39 is 5.41 Å². The van der Waals surface area contributed by atoms with E-state index in [4.69, 9.17) is 0 Å². The third kappa shape index (κ3) is 4.76. The number of hydrogen-bond acceptors (Lipinski definition) is 2. The molecular weight excluding hydrogens is 338 g/mol. The van der Waals surface area contributed by atoms with Crippen molar-refractivity contribution in [2.24, 2.45) is 5.41 Å². The highest BCUT2D eigenvalue weighted by molar-refractivity contribution is 5.95. The molecular formula is C22H25N3O2. The summed E-state index contributed by atoms with van der Waals surface area (Å²) < 4.78 is 2.08. The maximum atomic E-state index is 12.2. The number of hydrogen-bond donors (Lipinski definition) is 2. The summed E-state index contributed by atoms with van der Waals surface area (Å²) in [5.41, 5.74) is 2.11. The van der Waals surface area contributed by atoms with Crippen LogP contribution in [0.2, 0.25) is 0 Å². The normalized spacial score (nSPS) is 11.4. The SMILES string of the molecule is CC(C)(C)C(=O)Nc1ccc(NC(=O)CCn2ccc3ccccc32)cc1. The Bertz CT molecular complexity index is 950. The van der Waals surface area contributed by atoms with Crippen LogP contribution in [0.5, 0.6) is 0 Å². The Morgan fingerprint density at radius 3 is 2.19 bits per heavy atom. The van der Waals surface area contributed by atoms with Crippen molar-refractivity contribution in [1.82, 2.24) is 4.57 Å². The predicted octanol–water partition coefficient (Wildman–Crippen LogP) is 4.65. The average molecular weight is 363 g/mol. The van der Waals surface area contributed by atoms with Crippen molar-refractivity contribution < 1.29 is 9.59 Å². The molecule has 2 N–H and O–H groups in total. The molecule has 0 atom stereocenters. The first-order valence-corrected chi connectivity index (χ1v) is 9.08. The van der Waals surface area contributed by atoms with Crippen molar-refractivity contribution in [3.8, 4) is 0 Å². The summed E-state index contributed by atoms with van der Waals surface area (Å²) in [6, 6.07) is 17.3. The largest absolute Gasteiger partial charge is 0.347 e. The summed E-state index contributed by atoms with van der Waals surface area (Å²) in [5, 5.41) is 6.94. The highest BCUT2D eigenvalue weighted by Crippen LogP contribution is 2.19. The van der Waals surface area contributed by atoms with Crippen molar-refractivity contribution in [2.75, 3.05) is 10.6 Å². The second-order valence-electron chi connectivity index (χ2n) is 7.65. The van der Waals surface area contributed by atoms with Crippen LogP contribution in [0.15, 0.2) is 60.8 Å². The molecule has 3 aromatic rings. The number of carbonyl (C=O) groups is 2. The van der Waals surface area contributed by atoms with Gasteiger partial charge in [0.15, 0.2) is 0 Å². The second-order valence-corrected chi connectivity index (χ2v) is 7.65. The first-order valence-electron chi connectivity index (χ1n) is 9.08. The van der Waals surface area contributed by atoms with Crippen LogP contribution in [0.3, 0.4) is 0 Å². The van der Waals surface area contributed by atoms with Gasteiger partial charge in [-0.05, 0) is 41.8 Å². The Kier molecular flexibility index (Phi) is 5.31. The quantitative estimate of drug-likeness (QED) is 0.693. The minimum absolute atomic E-state index is 0.0424. The maximum absolute atomic E-state index is 12.2. The fraction of sp³-hybridized carbons (Fsp3) is 0.273. The van der Waals surface area contributed by atoms with Crippen LogP contribution in [-0.4, -0.2) is 16.4 Å². The number of rotatable bonds is 5. The van der Waals surface area contributed by atoms with E-state index in [0.717, 1.165) is 5.52 Å². The van der Waals surface area contributed by atoms with E-state index in [1.807, 2.05) is 39.1 Å². The Balaban J connectivity index is 1.54. The molecule has 140 valence electrons. The van der Waals surface area contributed by atoms with Crippen LogP contribution in [0.25, 0.3) is 10.9 Å². The van der Waals surface area contributed by atoms with Gasteiger partial charge < -0.3 is 15.2 Å². The van der Waals surface area contributed by atoms with Gasteiger partial charge in [0, 0.05) is 41.5 Å². The van der Waals surface area contributed by atoms with Gasteiger partial charge in [-0.1, -0.05) is 39.0 Å². The Morgan fingerprint density at radius 1 is 0.889 bits per heavy atom. The molecule has 0 unspecified atom stereocenters. The molecule has 5 nitrogen and oxygen atoms in total. The fourth-order valence-electron chi connectivity index (χ4n) is 2.74. The Morgan fingerprint density at radius 2 is 1.52 bits per heavy atom. The number of para-hydroxylation sites is 1. The van der Waals surface area contributed by atoms with Crippen molar-refractivity contribution in [3.63, 3.8) is 0 Å². The van der Waals surface area contributed by atoms with Crippen LogP contribution < -0.4 is 10.6 Å². The number of benzene rings is 2. The zero-order valence-corrected chi connectivity index (χ0v) is 16.0. The van der Waals surface area contributed by atoms with Gasteiger partial charge >= 0.3 is 0 Å². The smallest absolute Gasteiger partial charge is 0.229 e. The van der Waals surface area contributed by atoms with Crippen LogP contribution in [-0.2, 0) is 16.1 Å². The minimum Gasteiger partial charge on any atom is -0.347 e. The van der Waals surface area contributed by atoms with Crippen molar-refractivity contribution in [1.29, 1.82) is 0 Å². The number of carbonyl (C=O) groups excluding carboxylic acids is 2. The van der Waals surface area contributed by atoms with Gasteiger partial charge in [-0.25, -0.2) is 0 Å². The van der Waals surface area contributed by atoms with Crippen LogP contribution in [0, 0.1) is 5.41 Å². The molecule has 0 bridgehead atoms. The molecule has 2 aromatic carbocycles. The van der Waals surface area contributed by atoms with Crippen molar-refractivity contribution in [2.45, 2.75) is 33.7 Å². The van der Waals surface area contributed by atoms with Crippen LogP contribution >= 0.6 is 0 Å². The van der Waals surface area contributed by atoms with Gasteiger partial charge in [-0.2, -0.15) is 0 Å². The molecule has 0 fully saturated rings. The number of nitrogens with zero attached hydrogens (tertiary/aromatic N) is 1. The van der Waals surface area contributed by atoms with E-state index in [1.54, 1.807) is 24.3 Å². The van der Waals surface area contributed by atoms with Gasteiger partial charge in [0.05, 0.1) is 0 Å². The third-order valence-corrected chi connectivity index (χ3v) is 4.37. The average Bonchev–Trinajstić information content (AvgIpc) is 3.04. The predicted molar refractivity (Wildman–Crippen MR) is 110 cm³/mol. The first kappa shape index (κ1) is 18.7. The summed E-state index contributed by atoms with van der Waals surface area (Å²) in [6.45, 7) is 6.22. The van der Waals surface area contributed by atoms with Gasteiger partial charge in [-0.3, -0.25) is 9.59 Å². The number of anilines is 2. The van der Waals surface area contributed by atoms with Crippen molar-refractivity contribution in [3.05, 3.63) is 60.8 Å². The van der Waals surface area contributed by atoms with Crippen LogP contribution in [0.4, 0.5) is 11.4 Å². The second kappa shape index (κ2) is 7.66. The van der Waals surface area contributed by atoms with E-state index in [2.05, 4.69) is 33.4 Å². The summed E-state index contributed by atoms with van der Waals surface area (Å²) in [4.78, 5) is 24.2. The molecule has 3 rings (SSSR count). The molecule has 0 radical (unpaired) electrons. The molecule has 27 heavy (non-hydrogen) atoms. The Hall–Kier alpha value is -3.08. The lowest BCUT2D eigenvalue weighted by Crippen LogP contribution is -2.27. The van der Waals surface area contributed by atoms with Crippen molar-refractivity contribution >= 4 is 34.1 Å². The number of fused-ring (bicyclic) bond motifs is 1. The number of nitrogens with one attached hydrogen (secondary N) is 2. The molecule has 1 aromatic heterocycles. The lowest BCUT2D eigenvalue weighted by Gasteiger charge is -2.17. The van der Waals surface area contributed by atoms with E-state index in [0.29, 0.717) is 24.3 Å².